The third kappa shape index (κ3) is 7.58. The molecule has 0 saturated carbocycles. The molecule has 2 N–H and O–H groups in total. The van der Waals surface area contributed by atoms with Gasteiger partial charge in [0.15, 0.2) is 6.10 Å². The Morgan fingerprint density at radius 2 is 1.95 bits per heavy atom. The first-order valence-corrected chi connectivity index (χ1v) is 13.0. The number of rotatable bonds is 11. The first-order valence-electron chi connectivity index (χ1n) is 12.3. The predicted molar refractivity (Wildman–Crippen MR) is 142 cm³/mol. The first-order chi connectivity index (χ1) is 17.5. The van der Waals surface area contributed by atoms with Crippen molar-refractivity contribution in [1.29, 1.82) is 0 Å². The minimum absolute atomic E-state index is 0. The summed E-state index contributed by atoms with van der Waals surface area (Å²) >= 11 is 12.0. The van der Waals surface area contributed by atoms with Gasteiger partial charge in [-0.25, -0.2) is 4.98 Å². The van der Waals surface area contributed by atoms with E-state index in [1.165, 1.54) is 12.3 Å². The molecule has 0 aliphatic carbocycles. The number of carboxylic acids is 1. The van der Waals surface area contributed by atoms with E-state index in [0.717, 1.165) is 37.4 Å². The molecule has 1 spiro atoms. The van der Waals surface area contributed by atoms with Crippen LogP contribution in [0.3, 0.4) is 0 Å². The molecule has 9 nitrogen and oxygen atoms in total. The second-order valence-electron chi connectivity index (χ2n) is 10.6. The molecular formula is C26H32Cl2N5O4Y-. The third-order valence-corrected chi connectivity index (χ3v) is 7.15. The largest absolute Gasteiger partial charge is 0.620 e. The number of hydrogen-bond acceptors (Lipinski definition) is 6. The zero-order valence-corrected chi connectivity index (χ0v) is 26.1. The molecule has 2 aliphatic rings. The van der Waals surface area contributed by atoms with Gasteiger partial charge in [-0.3, -0.25) is 9.59 Å². The first kappa shape index (κ1) is 31.0. The van der Waals surface area contributed by atoms with Gasteiger partial charge in [0.25, 0.3) is 5.91 Å². The van der Waals surface area contributed by atoms with Crippen molar-refractivity contribution in [2.45, 2.75) is 39.8 Å². The van der Waals surface area contributed by atoms with E-state index in [4.69, 9.17) is 33.4 Å². The van der Waals surface area contributed by atoms with E-state index in [2.05, 4.69) is 15.2 Å². The number of halogens is 2. The fraction of sp³-hybridized carbons (Fsp3) is 0.500. The molecule has 38 heavy (non-hydrogen) atoms. The Kier molecular flexibility index (Phi) is 10.4. The Labute approximate surface area is 258 Å². The monoisotopic (exact) mass is 637 g/mol. The summed E-state index contributed by atoms with van der Waals surface area (Å²) in [6.45, 7) is 9.79. The molecule has 203 valence electrons. The number of carbonyl (C=O) groups is 2. The Morgan fingerprint density at radius 1 is 1.24 bits per heavy atom. The minimum atomic E-state index is -0.768. The van der Waals surface area contributed by atoms with Crippen LogP contribution in [-0.4, -0.2) is 70.7 Å². The van der Waals surface area contributed by atoms with Crippen molar-refractivity contribution in [3.05, 3.63) is 57.6 Å². The van der Waals surface area contributed by atoms with Gasteiger partial charge in [-0.2, -0.15) is 0 Å². The maximum absolute atomic E-state index is 12.7. The van der Waals surface area contributed by atoms with E-state index in [9.17, 15) is 14.7 Å². The average Bonchev–Trinajstić information content (AvgIpc) is 2.79. The quantitative estimate of drug-likeness (QED) is 0.373. The van der Waals surface area contributed by atoms with Crippen LogP contribution in [0, 0.1) is 10.8 Å². The molecule has 4 rings (SSSR count). The topological polar surface area (TPSA) is 109 Å². The SMILES string of the molecule is CCC(Oc1ncc(Cl)cc1Cl)C(=O)NCc1cccc([N-]N2CC3(CN(CC(C)(C)C(=O)O)C3)C2)c1.[Y]. The summed E-state index contributed by atoms with van der Waals surface area (Å²) in [5.74, 6) is -0.861. The molecule has 1 atom stereocenters. The fourth-order valence-electron chi connectivity index (χ4n) is 4.78. The van der Waals surface area contributed by atoms with E-state index < -0.39 is 17.5 Å². The summed E-state index contributed by atoms with van der Waals surface area (Å²) < 4.78 is 5.71. The molecule has 1 radical (unpaired) electrons. The van der Waals surface area contributed by atoms with Crippen LogP contribution in [-0.2, 0) is 48.8 Å². The van der Waals surface area contributed by atoms with Crippen LogP contribution in [0.15, 0.2) is 36.5 Å². The van der Waals surface area contributed by atoms with Gasteiger partial charge < -0.3 is 30.5 Å². The summed E-state index contributed by atoms with van der Waals surface area (Å²) in [6.07, 6.45) is 1.13. The number of nitrogens with one attached hydrogen (secondary N) is 1. The van der Waals surface area contributed by atoms with Gasteiger partial charge in [0.05, 0.1) is 10.4 Å². The number of amides is 1. The second kappa shape index (κ2) is 12.8. The number of benzene rings is 1. The number of nitrogens with zero attached hydrogens (tertiary/aromatic N) is 4. The molecule has 3 heterocycles. The average molecular weight is 638 g/mol. The fourth-order valence-corrected chi connectivity index (χ4v) is 5.20. The third-order valence-electron chi connectivity index (χ3n) is 6.68. The van der Waals surface area contributed by atoms with Gasteiger partial charge in [-0.05, 0) is 45.0 Å². The second-order valence-corrected chi connectivity index (χ2v) is 11.4. The van der Waals surface area contributed by atoms with Crippen molar-refractivity contribution in [2.24, 2.45) is 10.8 Å². The molecule has 1 aromatic carbocycles. The Balaban J connectivity index is 0.00000400. The van der Waals surface area contributed by atoms with Gasteiger partial charge in [-0.15, -0.1) is 5.69 Å². The number of ether oxygens (including phenoxy) is 1. The number of carboxylic acid groups (broad SMARTS) is 1. The summed E-state index contributed by atoms with van der Waals surface area (Å²) in [4.78, 5) is 30.3. The molecular weight excluding hydrogens is 606 g/mol. The molecule has 1 amide bonds. The molecule has 0 bridgehead atoms. The molecule has 2 saturated heterocycles. The van der Waals surface area contributed by atoms with Gasteiger partial charge in [0.2, 0.25) is 5.88 Å². The van der Waals surface area contributed by atoms with E-state index in [1.54, 1.807) is 13.8 Å². The maximum Gasteiger partial charge on any atom is 0.310 e. The van der Waals surface area contributed by atoms with Crippen LogP contribution >= 0.6 is 23.2 Å². The zero-order valence-electron chi connectivity index (χ0n) is 21.8. The molecule has 2 fully saturated rings. The van der Waals surface area contributed by atoms with Crippen molar-refractivity contribution in [1.82, 2.24) is 20.2 Å². The summed E-state index contributed by atoms with van der Waals surface area (Å²) in [6, 6.07) is 9.26. The van der Waals surface area contributed by atoms with Crippen LogP contribution in [0.2, 0.25) is 10.0 Å². The summed E-state index contributed by atoms with van der Waals surface area (Å²) in [5, 5.41) is 14.9. The molecule has 2 aromatic rings. The van der Waals surface area contributed by atoms with Crippen molar-refractivity contribution in [3.63, 3.8) is 0 Å². The van der Waals surface area contributed by atoms with E-state index in [-0.39, 0.29) is 54.9 Å². The number of aliphatic carboxylic acids is 1. The minimum Gasteiger partial charge on any atom is -0.620 e. The Bertz CT molecular complexity index is 1150. The van der Waals surface area contributed by atoms with E-state index in [0.29, 0.717) is 24.5 Å². The van der Waals surface area contributed by atoms with Gasteiger partial charge in [0, 0.05) is 70.5 Å². The normalized spacial score (nSPS) is 17.5. The number of pyridine rings is 1. The molecule has 12 heteroatoms. The van der Waals surface area contributed by atoms with Crippen LogP contribution in [0.25, 0.3) is 5.43 Å². The number of likely N-dealkylation sites (tertiary alicyclic amines) is 1. The van der Waals surface area contributed by atoms with Gasteiger partial charge >= 0.3 is 5.97 Å². The van der Waals surface area contributed by atoms with Crippen LogP contribution in [0.5, 0.6) is 5.88 Å². The standard InChI is InChI=1S/C26H32Cl2N5O4.Y/c1-4-21(37-23-20(28)9-18(27)11-30-23)22(34)29-10-17-6-5-7-19(8-17)31-33-15-26(16-33)13-32(14-26)12-25(2,3)24(35)36;/h5-9,11,21H,4,10,12-16H2,1-3H3,(H,29,34)(H,35,36);/q-1;. The van der Waals surface area contributed by atoms with Crippen molar-refractivity contribution in [2.75, 3.05) is 32.7 Å². The van der Waals surface area contributed by atoms with E-state index >= 15 is 0 Å². The zero-order chi connectivity index (χ0) is 26.8. The van der Waals surface area contributed by atoms with Crippen LogP contribution in [0.4, 0.5) is 5.69 Å². The van der Waals surface area contributed by atoms with E-state index in [1.807, 2.05) is 36.2 Å². The van der Waals surface area contributed by atoms with Gasteiger partial charge in [-0.1, -0.05) is 54.4 Å². The summed E-state index contributed by atoms with van der Waals surface area (Å²) in [7, 11) is 0. The summed E-state index contributed by atoms with van der Waals surface area (Å²) in [5.41, 5.74) is 5.95. The predicted octanol–water partition coefficient (Wildman–Crippen LogP) is 4.51. The number of carbonyl (C=O) groups excluding carboxylic acids is 1. The Morgan fingerprint density at radius 3 is 2.58 bits per heavy atom. The van der Waals surface area contributed by atoms with Gasteiger partial charge in [0.1, 0.15) is 5.02 Å². The van der Waals surface area contributed by atoms with Crippen molar-refractivity contribution >= 4 is 40.8 Å². The van der Waals surface area contributed by atoms with Crippen LogP contribution in [0.1, 0.15) is 32.8 Å². The smallest absolute Gasteiger partial charge is 0.310 e. The number of aromatic nitrogens is 1. The Hall–Kier alpha value is -1.49. The molecule has 1 aromatic heterocycles. The number of hydrogen-bond donors (Lipinski definition) is 2. The van der Waals surface area contributed by atoms with Crippen LogP contribution < -0.4 is 10.1 Å². The molecule has 2 aliphatic heterocycles. The maximum atomic E-state index is 12.7. The van der Waals surface area contributed by atoms with Crippen molar-refractivity contribution in [3.8, 4) is 5.88 Å². The molecule has 1 unspecified atom stereocenters. The van der Waals surface area contributed by atoms with Crippen molar-refractivity contribution < 1.29 is 52.1 Å².